The summed E-state index contributed by atoms with van der Waals surface area (Å²) >= 11 is 1.58. The summed E-state index contributed by atoms with van der Waals surface area (Å²) in [6.07, 6.45) is 0. The molecule has 0 saturated carbocycles. The van der Waals surface area contributed by atoms with Gasteiger partial charge in [0.1, 0.15) is 0 Å². The SMILES string of the molecule is O=C(NCCO)c1cc(-c2cccs2)[nH]n1. The number of aromatic nitrogens is 2. The Balaban J connectivity index is 2.11. The number of nitrogens with one attached hydrogen (secondary N) is 2. The Morgan fingerprint density at radius 1 is 1.62 bits per heavy atom. The van der Waals surface area contributed by atoms with E-state index < -0.39 is 0 Å². The zero-order chi connectivity index (χ0) is 11.4. The Labute approximate surface area is 96.1 Å². The Morgan fingerprint density at radius 2 is 2.50 bits per heavy atom. The Hall–Kier alpha value is -1.66. The van der Waals surface area contributed by atoms with Crippen LogP contribution in [0.5, 0.6) is 0 Å². The van der Waals surface area contributed by atoms with Gasteiger partial charge in [0.2, 0.25) is 0 Å². The van der Waals surface area contributed by atoms with Crippen LogP contribution >= 0.6 is 11.3 Å². The molecule has 2 heterocycles. The van der Waals surface area contributed by atoms with Crippen molar-refractivity contribution in [2.75, 3.05) is 13.2 Å². The maximum atomic E-state index is 11.5. The van der Waals surface area contributed by atoms with E-state index in [0.717, 1.165) is 10.6 Å². The highest BCUT2D eigenvalue weighted by Crippen LogP contribution is 2.22. The minimum absolute atomic E-state index is 0.0755. The summed E-state index contributed by atoms with van der Waals surface area (Å²) in [6.45, 7) is 0.161. The van der Waals surface area contributed by atoms with E-state index in [1.165, 1.54) is 0 Å². The van der Waals surface area contributed by atoms with Crippen LogP contribution in [0.2, 0.25) is 0 Å². The van der Waals surface area contributed by atoms with Crippen molar-refractivity contribution in [2.24, 2.45) is 0 Å². The molecule has 6 heteroatoms. The molecule has 2 aromatic heterocycles. The maximum absolute atomic E-state index is 11.5. The number of thiophene rings is 1. The molecule has 0 radical (unpaired) electrons. The Morgan fingerprint density at radius 3 is 3.19 bits per heavy atom. The van der Waals surface area contributed by atoms with Gasteiger partial charge in [0, 0.05) is 6.54 Å². The van der Waals surface area contributed by atoms with Crippen molar-refractivity contribution in [3.8, 4) is 10.6 Å². The van der Waals surface area contributed by atoms with Gasteiger partial charge in [0.15, 0.2) is 5.69 Å². The van der Waals surface area contributed by atoms with Crippen molar-refractivity contribution in [2.45, 2.75) is 0 Å². The van der Waals surface area contributed by atoms with Gasteiger partial charge in [-0.15, -0.1) is 11.3 Å². The predicted molar refractivity (Wildman–Crippen MR) is 61.3 cm³/mol. The predicted octanol–water partition coefficient (Wildman–Crippen LogP) is 0.860. The lowest BCUT2D eigenvalue weighted by atomic mass is 10.3. The standard InChI is InChI=1S/C10H11N3O2S/c14-4-3-11-10(15)8-6-7(12-13-8)9-2-1-5-16-9/h1-2,5-6,14H,3-4H2,(H,11,15)(H,12,13). The fraction of sp³-hybridized carbons (Fsp3) is 0.200. The number of hydrogen-bond acceptors (Lipinski definition) is 4. The summed E-state index contributed by atoms with van der Waals surface area (Å²) in [7, 11) is 0. The molecule has 0 atom stereocenters. The van der Waals surface area contributed by atoms with Crippen molar-refractivity contribution in [1.82, 2.24) is 15.5 Å². The van der Waals surface area contributed by atoms with Crippen molar-refractivity contribution in [1.29, 1.82) is 0 Å². The number of H-pyrrole nitrogens is 1. The van der Waals surface area contributed by atoms with Crippen LogP contribution in [0.4, 0.5) is 0 Å². The van der Waals surface area contributed by atoms with E-state index in [1.54, 1.807) is 17.4 Å². The molecule has 0 aliphatic rings. The van der Waals surface area contributed by atoms with Crippen molar-refractivity contribution in [3.63, 3.8) is 0 Å². The van der Waals surface area contributed by atoms with Gasteiger partial charge in [0.25, 0.3) is 5.91 Å². The Kier molecular flexibility index (Phi) is 3.33. The van der Waals surface area contributed by atoms with E-state index in [4.69, 9.17) is 5.11 Å². The minimum atomic E-state index is -0.284. The van der Waals surface area contributed by atoms with Crippen LogP contribution in [-0.4, -0.2) is 34.4 Å². The number of aromatic amines is 1. The second-order valence-corrected chi connectivity index (χ2v) is 4.07. The topological polar surface area (TPSA) is 78.0 Å². The monoisotopic (exact) mass is 237 g/mol. The highest BCUT2D eigenvalue weighted by atomic mass is 32.1. The summed E-state index contributed by atoms with van der Waals surface area (Å²) in [5.74, 6) is -0.284. The summed E-state index contributed by atoms with van der Waals surface area (Å²) in [5.41, 5.74) is 1.15. The smallest absolute Gasteiger partial charge is 0.271 e. The van der Waals surface area contributed by atoms with Gasteiger partial charge in [-0.3, -0.25) is 9.89 Å². The van der Waals surface area contributed by atoms with Crippen molar-refractivity contribution >= 4 is 17.2 Å². The van der Waals surface area contributed by atoms with Gasteiger partial charge < -0.3 is 10.4 Å². The average Bonchev–Trinajstić information content (AvgIpc) is 2.94. The number of rotatable bonds is 4. The van der Waals surface area contributed by atoms with Gasteiger partial charge in [0.05, 0.1) is 17.2 Å². The maximum Gasteiger partial charge on any atom is 0.271 e. The van der Waals surface area contributed by atoms with E-state index >= 15 is 0 Å². The second-order valence-electron chi connectivity index (χ2n) is 3.12. The molecule has 0 aliphatic heterocycles. The minimum Gasteiger partial charge on any atom is -0.395 e. The summed E-state index contributed by atoms with van der Waals surface area (Å²) in [6, 6.07) is 5.58. The third-order valence-electron chi connectivity index (χ3n) is 1.99. The number of carbonyl (C=O) groups excluding carboxylic acids is 1. The zero-order valence-electron chi connectivity index (χ0n) is 8.43. The number of aliphatic hydroxyl groups is 1. The largest absolute Gasteiger partial charge is 0.395 e. The van der Waals surface area contributed by atoms with Crippen LogP contribution < -0.4 is 5.32 Å². The normalized spacial score (nSPS) is 10.3. The quantitative estimate of drug-likeness (QED) is 0.738. The molecule has 0 fully saturated rings. The van der Waals surface area contributed by atoms with Crippen LogP contribution in [0.1, 0.15) is 10.5 Å². The lowest BCUT2D eigenvalue weighted by Crippen LogP contribution is -2.26. The number of amides is 1. The van der Waals surface area contributed by atoms with Crippen LogP contribution in [-0.2, 0) is 0 Å². The third kappa shape index (κ3) is 2.29. The summed E-state index contributed by atoms with van der Waals surface area (Å²) in [4.78, 5) is 12.5. The van der Waals surface area contributed by atoms with E-state index in [1.807, 2.05) is 17.5 Å². The van der Waals surface area contributed by atoms with Gasteiger partial charge in [-0.1, -0.05) is 6.07 Å². The van der Waals surface area contributed by atoms with Crippen LogP contribution in [0.15, 0.2) is 23.6 Å². The third-order valence-corrected chi connectivity index (χ3v) is 2.90. The first-order chi connectivity index (χ1) is 7.81. The lowest BCUT2D eigenvalue weighted by molar-refractivity contribution is 0.0940. The Bertz CT molecular complexity index is 464. The molecule has 0 bridgehead atoms. The molecule has 0 aromatic carbocycles. The number of nitrogens with zero attached hydrogens (tertiary/aromatic N) is 1. The first kappa shape index (κ1) is 10.8. The van der Waals surface area contributed by atoms with Crippen molar-refractivity contribution in [3.05, 3.63) is 29.3 Å². The molecule has 2 rings (SSSR count). The van der Waals surface area contributed by atoms with Crippen LogP contribution in [0, 0.1) is 0 Å². The molecule has 3 N–H and O–H groups in total. The fourth-order valence-electron chi connectivity index (χ4n) is 1.26. The number of carbonyl (C=O) groups is 1. The molecular weight excluding hydrogens is 226 g/mol. The molecule has 0 unspecified atom stereocenters. The molecule has 0 spiro atoms. The number of aliphatic hydroxyl groups excluding tert-OH is 1. The van der Waals surface area contributed by atoms with E-state index in [0.29, 0.717) is 5.69 Å². The van der Waals surface area contributed by atoms with Gasteiger partial charge in [-0.2, -0.15) is 5.10 Å². The van der Waals surface area contributed by atoms with Gasteiger partial charge >= 0.3 is 0 Å². The molecule has 0 aliphatic carbocycles. The van der Waals surface area contributed by atoms with E-state index in [-0.39, 0.29) is 19.1 Å². The highest BCUT2D eigenvalue weighted by Gasteiger charge is 2.10. The number of hydrogen-bond donors (Lipinski definition) is 3. The second kappa shape index (κ2) is 4.91. The molecule has 2 aromatic rings. The molecule has 16 heavy (non-hydrogen) atoms. The highest BCUT2D eigenvalue weighted by molar-refractivity contribution is 7.13. The molecule has 5 nitrogen and oxygen atoms in total. The first-order valence-corrected chi connectivity index (χ1v) is 5.67. The van der Waals surface area contributed by atoms with E-state index in [9.17, 15) is 4.79 Å². The van der Waals surface area contributed by atoms with Gasteiger partial charge in [-0.25, -0.2) is 0 Å². The molecule has 84 valence electrons. The summed E-state index contributed by atoms with van der Waals surface area (Å²) in [5, 5.41) is 19.8. The molecule has 0 saturated heterocycles. The van der Waals surface area contributed by atoms with Gasteiger partial charge in [-0.05, 0) is 17.5 Å². The van der Waals surface area contributed by atoms with Crippen LogP contribution in [0.25, 0.3) is 10.6 Å². The fourth-order valence-corrected chi connectivity index (χ4v) is 1.95. The zero-order valence-corrected chi connectivity index (χ0v) is 9.25. The molecule has 1 amide bonds. The lowest BCUT2D eigenvalue weighted by Gasteiger charge is -1.97. The van der Waals surface area contributed by atoms with E-state index in [2.05, 4.69) is 15.5 Å². The first-order valence-electron chi connectivity index (χ1n) is 4.79. The van der Waals surface area contributed by atoms with Crippen molar-refractivity contribution < 1.29 is 9.90 Å². The molecular formula is C10H11N3O2S. The summed E-state index contributed by atoms with van der Waals surface area (Å²) < 4.78 is 0. The average molecular weight is 237 g/mol. The van der Waals surface area contributed by atoms with Crippen LogP contribution in [0.3, 0.4) is 0 Å².